The Labute approximate surface area is 179 Å². The van der Waals surface area contributed by atoms with Crippen LogP contribution in [0.5, 0.6) is 0 Å². The van der Waals surface area contributed by atoms with Crippen LogP contribution in [-0.4, -0.2) is 31.6 Å². The molecule has 0 aromatic heterocycles. The lowest BCUT2D eigenvalue weighted by Crippen LogP contribution is -2.35. The normalized spacial score (nSPS) is 22.6. The molecule has 5 heteroatoms. The Bertz CT molecular complexity index is 818. The summed E-state index contributed by atoms with van der Waals surface area (Å²) in [7, 11) is 1.51. The van der Waals surface area contributed by atoms with Gasteiger partial charge < -0.3 is 4.90 Å². The number of piperidine rings is 1. The van der Waals surface area contributed by atoms with E-state index < -0.39 is 0 Å². The van der Waals surface area contributed by atoms with Crippen molar-refractivity contribution in [1.29, 1.82) is 0 Å². The van der Waals surface area contributed by atoms with E-state index in [0.717, 1.165) is 50.0 Å². The summed E-state index contributed by atoms with van der Waals surface area (Å²) in [6.45, 7) is 3.77. The van der Waals surface area contributed by atoms with E-state index in [9.17, 15) is 4.91 Å². The van der Waals surface area contributed by atoms with Crippen molar-refractivity contribution in [2.75, 3.05) is 26.7 Å². The smallest absolute Gasteiger partial charge is 0.120 e. The van der Waals surface area contributed by atoms with Gasteiger partial charge in [-0.3, -0.25) is 0 Å². The minimum absolute atomic E-state index is 0.229. The summed E-state index contributed by atoms with van der Waals surface area (Å²) >= 11 is 0. The van der Waals surface area contributed by atoms with E-state index in [2.05, 4.69) is 52.5 Å². The van der Waals surface area contributed by atoms with Crippen LogP contribution in [0.3, 0.4) is 0 Å². The molecule has 0 amide bonds. The van der Waals surface area contributed by atoms with Crippen molar-refractivity contribution in [1.82, 2.24) is 4.90 Å². The van der Waals surface area contributed by atoms with E-state index in [1.807, 2.05) is 6.07 Å². The van der Waals surface area contributed by atoms with Gasteiger partial charge in [-0.2, -0.15) is 4.91 Å². The van der Waals surface area contributed by atoms with Crippen molar-refractivity contribution in [3.63, 3.8) is 0 Å². The van der Waals surface area contributed by atoms with Crippen molar-refractivity contribution >= 4 is 0 Å². The molecule has 0 saturated carbocycles. The molecule has 0 spiro atoms. The van der Waals surface area contributed by atoms with Crippen LogP contribution in [0, 0.1) is 10.8 Å². The molecule has 2 unspecified atom stereocenters. The molecule has 2 atom stereocenters. The van der Waals surface area contributed by atoms with Gasteiger partial charge in [-0.05, 0) is 85.8 Å². The fourth-order valence-corrected chi connectivity index (χ4v) is 5.14. The van der Waals surface area contributed by atoms with Gasteiger partial charge in [-0.15, -0.1) is 0 Å². The van der Waals surface area contributed by atoms with Gasteiger partial charge in [-0.25, -0.2) is 9.78 Å². The van der Waals surface area contributed by atoms with Gasteiger partial charge in [0.05, 0.1) is 7.11 Å². The van der Waals surface area contributed by atoms with E-state index in [1.54, 1.807) is 0 Å². The highest BCUT2D eigenvalue weighted by Gasteiger charge is 2.31. The number of rotatable bonds is 8. The van der Waals surface area contributed by atoms with Crippen LogP contribution in [0.25, 0.3) is 0 Å². The monoisotopic (exact) mass is 408 g/mol. The zero-order valence-electron chi connectivity index (χ0n) is 17.8. The second-order valence-corrected chi connectivity index (χ2v) is 8.63. The lowest BCUT2D eigenvalue weighted by molar-refractivity contribution is -0.282. The Hall–Kier alpha value is -2.08. The molecule has 4 rings (SSSR count). The van der Waals surface area contributed by atoms with Crippen molar-refractivity contribution in [3.05, 3.63) is 75.7 Å². The summed E-state index contributed by atoms with van der Waals surface area (Å²) < 4.78 is 0. The molecular weight excluding hydrogens is 376 g/mol. The minimum atomic E-state index is -0.229. The minimum Gasteiger partial charge on any atom is -0.303 e. The molecule has 1 saturated heterocycles. The first-order chi connectivity index (χ1) is 14.8. The van der Waals surface area contributed by atoms with E-state index in [0.29, 0.717) is 18.4 Å². The van der Waals surface area contributed by atoms with Crippen LogP contribution in [-0.2, 0) is 22.8 Å². The lowest BCUT2D eigenvalue weighted by Gasteiger charge is -2.35. The largest absolute Gasteiger partial charge is 0.303 e. The van der Waals surface area contributed by atoms with Crippen LogP contribution in [0.1, 0.15) is 59.9 Å². The number of benzene rings is 2. The predicted octanol–water partition coefficient (Wildman–Crippen LogP) is 5.40. The van der Waals surface area contributed by atoms with Gasteiger partial charge in [0.1, 0.15) is 12.6 Å². The van der Waals surface area contributed by atoms with E-state index in [1.165, 1.54) is 31.1 Å². The standard InChI is InChI=1S/C25H32N2O3/c1-29-30-18-19-7-10-24-23(17-19)9-8-22(25(24)26-28)13-16-27-14-11-21(12-15-27)20-5-3-2-4-6-20/h2-7,10,17,21-22,25H,8-9,11-16,18H2,1H3. The molecule has 160 valence electrons. The first-order valence-corrected chi connectivity index (χ1v) is 11.2. The van der Waals surface area contributed by atoms with Crippen LogP contribution in [0.15, 0.2) is 53.7 Å². The lowest BCUT2D eigenvalue weighted by atomic mass is 9.78. The van der Waals surface area contributed by atoms with Crippen LogP contribution in [0.4, 0.5) is 0 Å². The molecular formula is C25H32N2O3. The summed E-state index contributed by atoms with van der Waals surface area (Å²) in [4.78, 5) is 24.0. The number of aryl methyl sites for hydroxylation is 1. The fourth-order valence-electron chi connectivity index (χ4n) is 5.14. The van der Waals surface area contributed by atoms with E-state index in [-0.39, 0.29) is 6.04 Å². The number of hydrogen-bond acceptors (Lipinski definition) is 5. The van der Waals surface area contributed by atoms with Crippen molar-refractivity contribution < 1.29 is 9.78 Å². The van der Waals surface area contributed by atoms with Crippen molar-refractivity contribution in [3.8, 4) is 0 Å². The number of likely N-dealkylation sites (tertiary alicyclic amines) is 1. The maximum atomic E-state index is 11.7. The van der Waals surface area contributed by atoms with Crippen LogP contribution in [0.2, 0.25) is 0 Å². The van der Waals surface area contributed by atoms with Gasteiger partial charge in [0.2, 0.25) is 0 Å². The van der Waals surface area contributed by atoms with E-state index >= 15 is 0 Å². The van der Waals surface area contributed by atoms with E-state index in [4.69, 9.17) is 9.78 Å². The highest BCUT2D eigenvalue weighted by molar-refractivity contribution is 5.36. The number of nitroso groups, excluding NO2 is 1. The predicted molar refractivity (Wildman–Crippen MR) is 118 cm³/mol. The third-order valence-corrected chi connectivity index (χ3v) is 6.89. The highest BCUT2D eigenvalue weighted by atomic mass is 17.2. The second-order valence-electron chi connectivity index (χ2n) is 8.63. The first kappa shape index (κ1) is 21.2. The van der Waals surface area contributed by atoms with Crippen molar-refractivity contribution in [2.24, 2.45) is 11.1 Å². The molecule has 30 heavy (non-hydrogen) atoms. The molecule has 0 bridgehead atoms. The molecule has 1 heterocycles. The molecule has 1 aliphatic heterocycles. The van der Waals surface area contributed by atoms with Gasteiger partial charge in [0.15, 0.2) is 0 Å². The highest BCUT2D eigenvalue weighted by Crippen LogP contribution is 2.40. The van der Waals surface area contributed by atoms with Gasteiger partial charge in [0.25, 0.3) is 0 Å². The van der Waals surface area contributed by atoms with Gasteiger partial charge in [0, 0.05) is 0 Å². The molecule has 2 aromatic carbocycles. The quantitative estimate of drug-likeness (QED) is 0.333. The van der Waals surface area contributed by atoms with Gasteiger partial charge >= 0.3 is 0 Å². The number of nitrogens with zero attached hydrogens (tertiary/aromatic N) is 2. The first-order valence-electron chi connectivity index (χ1n) is 11.2. The van der Waals surface area contributed by atoms with Crippen molar-refractivity contribution in [2.45, 2.75) is 50.7 Å². The zero-order chi connectivity index (χ0) is 20.8. The Morgan fingerprint density at radius 3 is 2.60 bits per heavy atom. The molecule has 1 fully saturated rings. The second kappa shape index (κ2) is 10.3. The summed E-state index contributed by atoms with van der Waals surface area (Å²) in [6.07, 6.45) is 5.51. The Kier molecular flexibility index (Phi) is 7.26. The number of fused-ring (bicyclic) bond motifs is 1. The third-order valence-electron chi connectivity index (χ3n) is 6.89. The maximum Gasteiger partial charge on any atom is 0.120 e. The Balaban J connectivity index is 1.31. The zero-order valence-corrected chi connectivity index (χ0v) is 17.8. The summed E-state index contributed by atoms with van der Waals surface area (Å²) in [6, 6.07) is 16.9. The average molecular weight is 409 g/mol. The number of hydrogen-bond donors (Lipinski definition) is 0. The topological polar surface area (TPSA) is 51.1 Å². The SMILES string of the molecule is COOCc1ccc2c(c1)CCC(CCN1CCC(c3ccccc3)CC1)C2N=O. The molecule has 2 aliphatic rings. The molecule has 1 aliphatic carbocycles. The molecule has 2 aromatic rings. The molecule has 5 nitrogen and oxygen atoms in total. The third kappa shape index (κ3) is 4.97. The van der Waals surface area contributed by atoms with Crippen LogP contribution < -0.4 is 0 Å². The van der Waals surface area contributed by atoms with Gasteiger partial charge in [-0.1, -0.05) is 53.7 Å². The Morgan fingerprint density at radius 2 is 1.87 bits per heavy atom. The fraction of sp³-hybridized carbons (Fsp3) is 0.520. The average Bonchev–Trinajstić information content (AvgIpc) is 2.81. The molecule has 0 radical (unpaired) electrons. The summed E-state index contributed by atoms with van der Waals surface area (Å²) in [5, 5.41) is 3.55. The van der Waals surface area contributed by atoms with Crippen LogP contribution >= 0.6 is 0 Å². The maximum absolute atomic E-state index is 11.7. The molecule has 0 N–H and O–H groups in total. The Morgan fingerprint density at radius 1 is 1.07 bits per heavy atom. The summed E-state index contributed by atoms with van der Waals surface area (Å²) in [5.41, 5.74) is 4.88. The summed E-state index contributed by atoms with van der Waals surface area (Å²) in [5.74, 6) is 1.02.